The maximum Gasteiger partial charge on any atom is 0.0253 e. The first-order valence-corrected chi connectivity index (χ1v) is 3.46. The Morgan fingerprint density at radius 2 is 2.44 bits per heavy atom. The fourth-order valence-electron chi connectivity index (χ4n) is 1.11. The first-order chi connectivity index (χ1) is 4.29. The summed E-state index contributed by atoms with van der Waals surface area (Å²) in [4.78, 5) is 4.12. The summed E-state index contributed by atoms with van der Waals surface area (Å²) in [6, 6.07) is 0. The second kappa shape index (κ2) is 2.81. The van der Waals surface area contributed by atoms with Crippen LogP contribution in [0, 0.1) is 5.92 Å². The molecule has 1 heteroatoms. The van der Waals surface area contributed by atoms with Crippen LogP contribution in [0.2, 0.25) is 0 Å². The van der Waals surface area contributed by atoms with Crippen LogP contribution in [0.1, 0.15) is 26.7 Å². The minimum Gasteiger partial charge on any atom is -0.269 e. The summed E-state index contributed by atoms with van der Waals surface area (Å²) >= 11 is 0. The highest BCUT2D eigenvalue weighted by molar-refractivity contribution is 5.59. The van der Waals surface area contributed by atoms with E-state index < -0.39 is 0 Å². The fraction of sp³-hybridized carbons (Fsp3) is 0.625. The van der Waals surface area contributed by atoms with Gasteiger partial charge in [-0.15, -0.1) is 0 Å². The standard InChI is InChI=1S/C8H13N/c1-7-3-4-9-6-8(2)5-7/h4,6-7H,3,5H2,1-2H3. The molecular weight excluding hydrogens is 110 g/mol. The van der Waals surface area contributed by atoms with Gasteiger partial charge in [0, 0.05) is 12.4 Å². The summed E-state index contributed by atoms with van der Waals surface area (Å²) in [7, 11) is 0. The van der Waals surface area contributed by atoms with E-state index in [9.17, 15) is 0 Å². The Balaban J connectivity index is 2.58. The molecule has 1 heterocycles. The van der Waals surface area contributed by atoms with Crippen molar-refractivity contribution in [3.05, 3.63) is 11.8 Å². The van der Waals surface area contributed by atoms with Gasteiger partial charge < -0.3 is 0 Å². The minimum absolute atomic E-state index is 0.785. The molecule has 0 amide bonds. The Bertz CT molecular complexity index is 145. The fourth-order valence-corrected chi connectivity index (χ4v) is 1.11. The maximum absolute atomic E-state index is 4.12. The summed E-state index contributed by atoms with van der Waals surface area (Å²) in [5.41, 5.74) is 1.40. The third kappa shape index (κ3) is 2.00. The van der Waals surface area contributed by atoms with Crippen molar-refractivity contribution in [3.63, 3.8) is 0 Å². The van der Waals surface area contributed by atoms with Crippen LogP contribution in [-0.2, 0) is 0 Å². The van der Waals surface area contributed by atoms with Crippen molar-refractivity contribution in [2.75, 3.05) is 0 Å². The summed E-state index contributed by atoms with van der Waals surface area (Å²) in [6.45, 7) is 4.40. The number of aliphatic imine (C=N–C) groups is 1. The zero-order valence-electron chi connectivity index (χ0n) is 6.09. The van der Waals surface area contributed by atoms with E-state index in [1.54, 1.807) is 0 Å². The highest BCUT2D eigenvalue weighted by Crippen LogP contribution is 2.15. The molecule has 0 spiro atoms. The smallest absolute Gasteiger partial charge is 0.0253 e. The van der Waals surface area contributed by atoms with Crippen molar-refractivity contribution in [2.24, 2.45) is 10.9 Å². The van der Waals surface area contributed by atoms with Crippen LogP contribution in [0.3, 0.4) is 0 Å². The molecule has 1 atom stereocenters. The Labute approximate surface area is 56.5 Å². The van der Waals surface area contributed by atoms with Gasteiger partial charge in [0.25, 0.3) is 0 Å². The SMILES string of the molecule is CC1=CN=CCC(C)C1. The van der Waals surface area contributed by atoms with Gasteiger partial charge in [-0.2, -0.15) is 0 Å². The number of rotatable bonds is 0. The van der Waals surface area contributed by atoms with Gasteiger partial charge in [0.15, 0.2) is 0 Å². The molecule has 1 unspecified atom stereocenters. The molecule has 1 aliphatic rings. The van der Waals surface area contributed by atoms with E-state index in [4.69, 9.17) is 0 Å². The second-order valence-electron chi connectivity index (χ2n) is 2.85. The minimum atomic E-state index is 0.785. The van der Waals surface area contributed by atoms with Gasteiger partial charge in [-0.3, -0.25) is 4.99 Å². The van der Waals surface area contributed by atoms with Gasteiger partial charge in [0.2, 0.25) is 0 Å². The van der Waals surface area contributed by atoms with E-state index in [0.717, 1.165) is 12.3 Å². The number of hydrogen-bond acceptors (Lipinski definition) is 1. The molecule has 1 rings (SSSR count). The molecule has 50 valence electrons. The van der Waals surface area contributed by atoms with Gasteiger partial charge in [0.05, 0.1) is 0 Å². The predicted molar refractivity (Wildman–Crippen MR) is 40.6 cm³/mol. The van der Waals surface area contributed by atoms with Crippen LogP contribution >= 0.6 is 0 Å². The Morgan fingerprint density at radius 3 is 3.22 bits per heavy atom. The maximum atomic E-state index is 4.12. The van der Waals surface area contributed by atoms with E-state index >= 15 is 0 Å². The first-order valence-electron chi connectivity index (χ1n) is 3.46. The largest absolute Gasteiger partial charge is 0.269 e. The molecule has 0 N–H and O–H groups in total. The van der Waals surface area contributed by atoms with Gasteiger partial charge in [0.1, 0.15) is 0 Å². The van der Waals surface area contributed by atoms with Crippen LogP contribution in [0.5, 0.6) is 0 Å². The van der Waals surface area contributed by atoms with Crippen molar-refractivity contribution in [1.82, 2.24) is 0 Å². The van der Waals surface area contributed by atoms with E-state index in [2.05, 4.69) is 18.8 Å². The molecule has 0 aromatic carbocycles. The van der Waals surface area contributed by atoms with Gasteiger partial charge >= 0.3 is 0 Å². The van der Waals surface area contributed by atoms with Crippen molar-refractivity contribution in [2.45, 2.75) is 26.7 Å². The van der Waals surface area contributed by atoms with Crippen LogP contribution in [0.4, 0.5) is 0 Å². The van der Waals surface area contributed by atoms with Crippen LogP contribution in [0.15, 0.2) is 16.8 Å². The molecule has 0 fully saturated rings. The van der Waals surface area contributed by atoms with Crippen LogP contribution in [0.25, 0.3) is 0 Å². The lowest BCUT2D eigenvalue weighted by Crippen LogP contribution is -1.93. The lowest BCUT2D eigenvalue weighted by molar-refractivity contribution is 0.611. The quantitative estimate of drug-likeness (QED) is 0.469. The third-order valence-corrected chi connectivity index (χ3v) is 1.58. The molecule has 0 bridgehead atoms. The summed E-state index contributed by atoms with van der Waals surface area (Å²) in [6.07, 6.45) is 6.30. The van der Waals surface area contributed by atoms with E-state index in [-0.39, 0.29) is 0 Å². The highest BCUT2D eigenvalue weighted by atomic mass is 14.7. The van der Waals surface area contributed by atoms with Crippen LogP contribution in [-0.4, -0.2) is 6.21 Å². The molecule has 9 heavy (non-hydrogen) atoms. The Hall–Kier alpha value is -0.590. The molecule has 0 aromatic heterocycles. The summed E-state index contributed by atoms with van der Waals surface area (Å²) in [5, 5.41) is 0. The zero-order chi connectivity index (χ0) is 6.69. The van der Waals surface area contributed by atoms with E-state index in [1.165, 1.54) is 12.0 Å². The monoisotopic (exact) mass is 123 g/mol. The number of nitrogens with zero attached hydrogens (tertiary/aromatic N) is 1. The molecule has 0 radical (unpaired) electrons. The van der Waals surface area contributed by atoms with Crippen molar-refractivity contribution in [3.8, 4) is 0 Å². The van der Waals surface area contributed by atoms with E-state index in [0.29, 0.717) is 0 Å². The lowest BCUT2D eigenvalue weighted by Gasteiger charge is -2.03. The van der Waals surface area contributed by atoms with Gasteiger partial charge in [-0.05, 0) is 25.7 Å². The van der Waals surface area contributed by atoms with Crippen molar-refractivity contribution >= 4 is 6.21 Å². The average molecular weight is 123 g/mol. The van der Waals surface area contributed by atoms with Gasteiger partial charge in [-0.25, -0.2) is 0 Å². The summed E-state index contributed by atoms with van der Waals surface area (Å²) < 4.78 is 0. The van der Waals surface area contributed by atoms with Crippen molar-refractivity contribution in [1.29, 1.82) is 0 Å². The molecule has 1 aliphatic heterocycles. The first kappa shape index (κ1) is 6.53. The average Bonchev–Trinajstić information content (AvgIpc) is 1.93. The normalized spacial score (nSPS) is 27.3. The van der Waals surface area contributed by atoms with E-state index in [1.807, 2.05) is 12.4 Å². The molecule has 0 saturated carbocycles. The number of hydrogen-bond donors (Lipinski definition) is 0. The molecule has 0 saturated heterocycles. The summed E-state index contributed by atoms with van der Waals surface area (Å²) in [5.74, 6) is 0.785. The second-order valence-corrected chi connectivity index (χ2v) is 2.85. The van der Waals surface area contributed by atoms with Crippen LogP contribution < -0.4 is 0 Å². The molecule has 0 aliphatic carbocycles. The Kier molecular flexibility index (Phi) is 2.04. The molecule has 0 aromatic rings. The zero-order valence-corrected chi connectivity index (χ0v) is 6.09. The molecular formula is C8H13N. The Morgan fingerprint density at radius 1 is 1.67 bits per heavy atom. The predicted octanol–water partition coefficient (Wildman–Crippen LogP) is 2.39. The number of allylic oxidation sites excluding steroid dienone is 1. The van der Waals surface area contributed by atoms with Gasteiger partial charge in [-0.1, -0.05) is 12.5 Å². The van der Waals surface area contributed by atoms with Crippen molar-refractivity contribution < 1.29 is 0 Å². The topological polar surface area (TPSA) is 12.4 Å². The molecule has 1 nitrogen and oxygen atoms in total. The highest BCUT2D eigenvalue weighted by Gasteiger charge is 2.02. The lowest BCUT2D eigenvalue weighted by atomic mass is 10.0. The third-order valence-electron chi connectivity index (χ3n) is 1.58.